The molecule has 1 aliphatic rings. The fourth-order valence-corrected chi connectivity index (χ4v) is 1.98. The van der Waals surface area contributed by atoms with Gasteiger partial charge < -0.3 is 14.0 Å². The van der Waals surface area contributed by atoms with Gasteiger partial charge in [-0.1, -0.05) is 6.07 Å². The summed E-state index contributed by atoms with van der Waals surface area (Å²) in [7, 11) is -0.432. The summed E-state index contributed by atoms with van der Waals surface area (Å²) in [5, 5.41) is 0. The molecule has 4 nitrogen and oxygen atoms in total. The van der Waals surface area contributed by atoms with Crippen LogP contribution in [0.15, 0.2) is 12.3 Å². The molecule has 0 unspecified atom stereocenters. The van der Waals surface area contributed by atoms with E-state index in [9.17, 15) is 0 Å². The summed E-state index contributed by atoms with van der Waals surface area (Å²) < 4.78 is 17.7. The van der Waals surface area contributed by atoms with Crippen molar-refractivity contribution in [2.75, 3.05) is 6.61 Å². The minimum atomic E-state index is -0.432. The van der Waals surface area contributed by atoms with Crippen LogP contribution in [0.3, 0.4) is 0 Å². The molecule has 104 valence electrons. The van der Waals surface area contributed by atoms with Crippen LogP contribution in [-0.4, -0.2) is 29.9 Å². The van der Waals surface area contributed by atoms with Crippen molar-refractivity contribution in [2.24, 2.45) is 0 Å². The third-order valence-electron chi connectivity index (χ3n) is 3.80. The number of ether oxygens (including phenoxy) is 1. The van der Waals surface area contributed by atoms with Gasteiger partial charge in [-0.3, -0.25) is 0 Å². The summed E-state index contributed by atoms with van der Waals surface area (Å²) in [6, 6.07) is 2.01. The zero-order chi connectivity index (χ0) is 14.3. The predicted octanol–water partition coefficient (Wildman–Crippen LogP) is 2.09. The Labute approximate surface area is 115 Å². The highest BCUT2D eigenvalue weighted by Crippen LogP contribution is 2.37. The molecule has 5 heteroatoms. The number of nitrogens with zero attached hydrogens (tertiary/aromatic N) is 1. The van der Waals surface area contributed by atoms with Crippen LogP contribution in [0.25, 0.3) is 0 Å². The lowest BCUT2D eigenvalue weighted by Crippen LogP contribution is -2.41. The molecule has 2 rings (SSSR count). The molecule has 1 saturated heterocycles. The molecule has 1 aliphatic heterocycles. The van der Waals surface area contributed by atoms with Crippen molar-refractivity contribution in [3.05, 3.63) is 17.8 Å². The first-order chi connectivity index (χ1) is 8.77. The quantitative estimate of drug-likeness (QED) is 0.783. The maximum atomic E-state index is 6.05. The van der Waals surface area contributed by atoms with Gasteiger partial charge in [0, 0.05) is 11.7 Å². The number of aryl methyl sites for hydroxylation is 1. The lowest BCUT2D eigenvalue weighted by atomic mass is 9.79. The molecule has 1 fully saturated rings. The highest BCUT2D eigenvalue weighted by molar-refractivity contribution is 6.63. The van der Waals surface area contributed by atoms with Gasteiger partial charge in [-0.2, -0.15) is 0 Å². The topological polar surface area (TPSA) is 40.6 Å². The van der Waals surface area contributed by atoms with Crippen molar-refractivity contribution >= 4 is 12.6 Å². The van der Waals surface area contributed by atoms with Crippen LogP contribution in [0.1, 0.15) is 40.2 Å². The minimum Gasteiger partial charge on any atom is -0.478 e. The Morgan fingerprint density at radius 3 is 2.32 bits per heavy atom. The fraction of sp³-hybridized carbons (Fsp3) is 0.643. The minimum absolute atomic E-state index is 0.356. The van der Waals surface area contributed by atoms with Gasteiger partial charge in [-0.15, -0.1) is 0 Å². The van der Waals surface area contributed by atoms with E-state index in [2.05, 4.69) is 4.98 Å². The average molecular weight is 263 g/mol. The van der Waals surface area contributed by atoms with E-state index in [1.807, 2.05) is 47.6 Å². The molecule has 0 saturated carbocycles. The Morgan fingerprint density at radius 2 is 1.79 bits per heavy atom. The number of hydrogen-bond acceptors (Lipinski definition) is 4. The van der Waals surface area contributed by atoms with E-state index in [-0.39, 0.29) is 11.2 Å². The molecule has 0 amide bonds. The second-order valence-electron chi connectivity index (χ2n) is 5.93. The Morgan fingerprint density at radius 1 is 1.21 bits per heavy atom. The van der Waals surface area contributed by atoms with E-state index in [0.717, 1.165) is 11.0 Å². The van der Waals surface area contributed by atoms with Crippen LogP contribution in [0.2, 0.25) is 0 Å². The predicted molar refractivity (Wildman–Crippen MR) is 75.9 cm³/mol. The molecular formula is C14H22BNO3. The second-order valence-corrected chi connectivity index (χ2v) is 5.93. The van der Waals surface area contributed by atoms with Crippen molar-refractivity contribution in [1.29, 1.82) is 0 Å². The highest BCUT2D eigenvalue weighted by atomic mass is 16.7. The maximum Gasteiger partial charge on any atom is 0.500 e. The molecule has 19 heavy (non-hydrogen) atoms. The molecular weight excluding hydrogens is 241 g/mol. The Hall–Kier alpha value is -1.07. The van der Waals surface area contributed by atoms with Crippen LogP contribution >= 0.6 is 0 Å². The van der Waals surface area contributed by atoms with E-state index < -0.39 is 7.12 Å². The number of hydrogen-bond donors (Lipinski definition) is 0. The summed E-state index contributed by atoms with van der Waals surface area (Å²) >= 11 is 0. The summed E-state index contributed by atoms with van der Waals surface area (Å²) in [4.78, 5) is 4.33. The van der Waals surface area contributed by atoms with Gasteiger partial charge in [0.05, 0.1) is 17.8 Å². The Kier molecular flexibility index (Phi) is 3.62. The van der Waals surface area contributed by atoms with Crippen molar-refractivity contribution < 1.29 is 14.0 Å². The van der Waals surface area contributed by atoms with Crippen LogP contribution in [0, 0.1) is 6.92 Å². The number of pyridine rings is 1. The van der Waals surface area contributed by atoms with E-state index in [0.29, 0.717) is 12.5 Å². The molecule has 0 spiro atoms. The third-order valence-corrected chi connectivity index (χ3v) is 3.80. The van der Waals surface area contributed by atoms with Crippen molar-refractivity contribution in [1.82, 2.24) is 4.98 Å². The van der Waals surface area contributed by atoms with E-state index in [4.69, 9.17) is 14.0 Å². The molecule has 0 radical (unpaired) electrons. The normalized spacial score (nSPS) is 20.6. The summed E-state index contributed by atoms with van der Waals surface area (Å²) in [5.74, 6) is 0.589. The zero-order valence-corrected chi connectivity index (χ0v) is 12.6. The second kappa shape index (κ2) is 4.80. The van der Waals surface area contributed by atoms with Gasteiger partial charge >= 0.3 is 7.12 Å². The van der Waals surface area contributed by atoms with Crippen LogP contribution in [-0.2, 0) is 9.31 Å². The van der Waals surface area contributed by atoms with E-state index in [1.54, 1.807) is 6.20 Å². The average Bonchev–Trinajstić information content (AvgIpc) is 2.51. The van der Waals surface area contributed by atoms with Crippen LogP contribution in [0.5, 0.6) is 5.88 Å². The Bertz CT molecular complexity index is 458. The van der Waals surface area contributed by atoms with Gasteiger partial charge in [0.15, 0.2) is 0 Å². The van der Waals surface area contributed by atoms with E-state index in [1.165, 1.54) is 0 Å². The maximum absolute atomic E-state index is 6.05. The fourth-order valence-electron chi connectivity index (χ4n) is 1.98. The first-order valence-electron chi connectivity index (χ1n) is 6.72. The third kappa shape index (κ3) is 2.62. The molecule has 1 aromatic heterocycles. The molecule has 2 heterocycles. The summed E-state index contributed by atoms with van der Waals surface area (Å²) in [5.41, 5.74) is 1.21. The molecule has 0 aliphatic carbocycles. The lowest BCUT2D eigenvalue weighted by Gasteiger charge is -2.32. The van der Waals surface area contributed by atoms with Gasteiger partial charge in [0.25, 0.3) is 0 Å². The monoisotopic (exact) mass is 263 g/mol. The van der Waals surface area contributed by atoms with Crippen molar-refractivity contribution in [2.45, 2.75) is 52.7 Å². The van der Waals surface area contributed by atoms with E-state index >= 15 is 0 Å². The van der Waals surface area contributed by atoms with Gasteiger partial charge in [0.2, 0.25) is 5.88 Å². The molecule has 0 atom stereocenters. The number of rotatable bonds is 3. The molecule has 0 bridgehead atoms. The van der Waals surface area contributed by atoms with Gasteiger partial charge in [-0.25, -0.2) is 4.98 Å². The Balaban J connectivity index is 2.35. The lowest BCUT2D eigenvalue weighted by molar-refractivity contribution is 0.00578. The molecule has 0 aromatic carbocycles. The van der Waals surface area contributed by atoms with Crippen LogP contribution in [0.4, 0.5) is 0 Å². The first-order valence-corrected chi connectivity index (χ1v) is 6.72. The highest BCUT2D eigenvalue weighted by Gasteiger charge is 2.52. The molecule has 0 N–H and O–H groups in total. The zero-order valence-electron chi connectivity index (χ0n) is 12.6. The van der Waals surface area contributed by atoms with Crippen molar-refractivity contribution in [3.8, 4) is 5.88 Å². The largest absolute Gasteiger partial charge is 0.500 e. The van der Waals surface area contributed by atoms with Gasteiger partial charge in [0.1, 0.15) is 0 Å². The number of aromatic nitrogens is 1. The van der Waals surface area contributed by atoms with Crippen LogP contribution < -0.4 is 10.2 Å². The summed E-state index contributed by atoms with van der Waals surface area (Å²) in [6.45, 7) is 12.7. The molecule has 1 aromatic rings. The SMILES string of the molecule is CCOc1ncc(C)cc1B1OC(C)(C)C(C)(C)O1. The standard InChI is InChI=1S/C14H22BNO3/c1-7-17-12-11(8-10(2)9-16-12)15-18-13(3,4)14(5,6)19-15/h8-9H,7H2,1-6H3. The smallest absolute Gasteiger partial charge is 0.478 e. The first kappa shape index (κ1) is 14.3. The summed E-state index contributed by atoms with van der Waals surface area (Å²) in [6.07, 6.45) is 1.79. The van der Waals surface area contributed by atoms with Crippen molar-refractivity contribution in [3.63, 3.8) is 0 Å². The van der Waals surface area contributed by atoms with Gasteiger partial charge in [-0.05, 0) is 47.1 Å².